The minimum absolute atomic E-state index is 0.157. The third-order valence-corrected chi connectivity index (χ3v) is 4.52. The van der Waals surface area contributed by atoms with Crippen LogP contribution in [0.3, 0.4) is 0 Å². The minimum Gasteiger partial charge on any atom is -0.345 e. The van der Waals surface area contributed by atoms with E-state index in [0.717, 1.165) is 56.0 Å². The van der Waals surface area contributed by atoms with Crippen LogP contribution < -0.4 is 0 Å². The van der Waals surface area contributed by atoms with Gasteiger partial charge in [-0.1, -0.05) is 43.7 Å². The Kier molecular flexibility index (Phi) is 4.74. The summed E-state index contributed by atoms with van der Waals surface area (Å²) >= 11 is 0. The first-order chi connectivity index (χ1) is 11.2. The van der Waals surface area contributed by atoms with E-state index in [2.05, 4.69) is 21.7 Å². The van der Waals surface area contributed by atoms with Crippen LogP contribution in [-0.4, -0.2) is 39.2 Å². The lowest BCUT2D eigenvalue weighted by Crippen LogP contribution is -2.35. The zero-order valence-corrected chi connectivity index (χ0v) is 13.9. The Morgan fingerprint density at radius 2 is 2.09 bits per heavy atom. The molecule has 0 aliphatic carbocycles. The molecule has 1 unspecified atom stereocenters. The van der Waals surface area contributed by atoms with Crippen molar-refractivity contribution in [2.24, 2.45) is 0 Å². The van der Waals surface area contributed by atoms with Gasteiger partial charge in [0.2, 0.25) is 5.91 Å². The molecule has 3 rings (SSSR count). The Morgan fingerprint density at radius 3 is 2.83 bits per heavy atom. The summed E-state index contributed by atoms with van der Waals surface area (Å²) in [6.07, 6.45) is 3.98. The fourth-order valence-corrected chi connectivity index (χ4v) is 3.18. The van der Waals surface area contributed by atoms with E-state index in [1.54, 1.807) is 0 Å². The summed E-state index contributed by atoms with van der Waals surface area (Å²) in [7, 11) is 1.89. The molecule has 1 aromatic heterocycles. The number of carbonyl (C=O) groups is 1. The fourth-order valence-electron chi connectivity index (χ4n) is 3.18. The van der Waals surface area contributed by atoms with Crippen molar-refractivity contribution in [1.82, 2.24) is 19.7 Å². The number of fused-ring (bicyclic) bond motifs is 1. The Balaban J connectivity index is 1.86. The van der Waals surface area contributed by atoms with Crippen LogP contribution in [0.15, 0.2) is 30.3 Å². The van der Waals surface area contributed by atoms with Gasteiger partial charge in [-0.2, -0.15) is 0 Å². The molecule has 5 nitrogen and oxygen atoms in total. The highest BCUT2D eigenvalue weighted by Crippen LogP contribution is 2.31. The molecule has 0 saturated heterocycles. The van der Waals surface area contributed by atoms with Gasteiger partial charge in [-0.15, -0.1) is 10.2 Å². The molecule has 2 aromatic rings. The first-order valence-corrected chi connectivity index (χ1v) is 8.46. The number of benzene rings is 1. The highest BCUT2D eigenvalue weighted by atomic mass is 16.2. The number of hydrogen-bond donors (Lipinski definition) is 0. The lowest BCUT2D eigenvalue weighted by atomic mass is 9.97. The number of hydrogen-bond acceptors (Lipinski definition) is 3. The summed E-state index contributed by atoms with van der Waals surface area (Å²) in [4.78, 5) is 14.6. The van der Waals surface area contributed by atoms with E-state index in [1.807, 2.05) is 42.3 Å². The molecule has 1 atom stereocenters. The largest absolute Gasteiger partial charge is 0.345 e. The van der Waals surface area contributed by atoms with Crippen molar-refractivity contribution < 1.29 is 4.79 Å². The monoisotopic (exact) mass is 312 g/mol. The van der Waals surface area contributed by atoms with Crippen LogP contribution in [0.5, 0.6) is 0 Å². The smallest absolute Gasteiger partial charge is 0.233 e. The molecule has 0 fully saturated rings. The van der Waals surface area contributed by atoms with Gasteiger partial charge in [0.05, 0.1) is 5.92 Å². The first kappa shape index (κ1) is 15.7. The van der Waals surface area contributed by atoms with Gasteiger partial charge in [0.25, 0.3) is 0 Å². The number of carbonyl (C=O) groups excluding carboxylic acids is 1. The highest BCUT2D eigenvalue weighted by Gasteiger charge is 2.32. The van der Waals surface area contributed by atoms with Crippen molar-refractivity contribution >= 4 is 5.91 Å². The van der Waals surface area contributed by atoms with Crippen LogP contribution in [0.2, 0.25) is 0 Å². The van der Waals surface area contributed by atoms with Gasteiger partial charge in [-0.25, -0.2) is 0 Å². The maximum absolute atomic E-state index is 12.8. The molecule has 0 bridgehead atoms. The van der Waals surface area contributed by atoms with Crippen LogP contribution in [0.1, 0.15) is 44.3 Å². The summed E-state index contributed by atoms with van der Waals surface area (Å²) in [5.41, 5.74) is 1.05. The van der Waals surface area contributed by atoms with Crippen molar-refractivity contribution in [3.05, 3.63) is 36.2 Å². The van der Waals surface area contributed by atoms with Crippen LogP contribution >= 0.6 is 0 Å². The van der Waals surface area contributed by atoms with Crippen LogP contribution in [0.4, 0.5) is 0 Å². The van der Waals surface area contributed by atoms with Gasteiger partial charge < -0.3 is 9.47 Å². The number of rotatable bonds is 5. The summed E-state index contributed by atoms with van der Waals surface area (Å²) in [5, 5.41) is 8.73. The second-order valence-corrected chi connectivity index (χ2v) is 6.21. The summed E-state index contributed by atoms with van der Waals surface area (Å²) in [6.45, 7) is 3.84. The van der Waals surface area contributed by atoms with Crippen molar-refractivity contribution in [3.63, 3.8) is 0 Å². The maximum Gasteiger partial charge on any atom is 0.233 e. The number of aromatic nitrogens is 3. The molecule has 122 valence electrons. The molecular formula is C18H24N4O. The van der Waals surface area contributed by atoms with Gasteiger partial charge in [-0.05, 0) is 19.3 Å². The molecule has 23 heavy (non-hydrogen) atoms. The topological polar surface area (TPSA) is 51.0 Å². The Hall–Kier alpha value is -2.17. The van der Waals surface area contributed by atoms with Gasteiger partial charge >= 0.3 is 0 Å². The predicted molar refractivity (Wildman–Crippen MR) is 90.0 cm³/mol. The average Bonchev–Trinajstić information content (AvgIpc) is 3.03. The normalized spacial score (nSPS) is 16.9. The van der Waals surface area contributed by atoms with Crippen molar-refractivity contribution in [1.29, 1.82) is 0 Å². The Morgan fingerprint density at radius 1 is 1.30 bits per heavy atom. The van der Waals surface area contributed by atoms with E-state index in [1.165, 1.54) is 0 Å². The first-order valence-electron chi connectivity index (χ1n) is 8.46. The van der Waals surface area contributed by atoms with Gasteiger partial charge in [0.15, 0.2) is 5.82 Å². The second kappa shape index (κ2) is 6.94. The van der Waals surface area contributed by atoms with Crippen molar-refractivity contribution in [2.45, 2.75) is 45.1 Å². The van der Waals surface area contributed by atoms with Crippen LogP contribution in [-0.2, 0) is 11.3 Å². The third kappa shape index (κ3) is 3.14. The van der Waals surface area contributed by atoms with Crippen LogP contribution in [0.25, 0.3) is 11.4 Å². The van der Waals surface area contributed by atoms with Crippen molar-refractivity contribution in [2.75, 3.05) is 13.6 Å². The lowest BCUT2D eigenvalue weighted by molar-refractivity contribution is -0.132. The Labute approximate surface area is 137 Å². The number of amides is 1. The predicted octanol–water partition coefficient (Wildman–Crippen LogP) is 3.08. The van der Waals surface area contributed by atoms with Crippen LogP contribution in [0, 0.1) is 0 Å². The fraction of sp³-hybridized carbons (Fsp3) is 0.500. The standard InChI is InChI=1S/C18H24N4O/c1-3-4-12-21(2)18(23)15-11-8-13-22-16(19-20-17(15)22)14-9-6-5-7-10-14/h5-7,9-10,15H,3-4,8,11-13H2,1-2H3. The number of nitrogens with zero attached hydrogens (tertiary/aromatic N) is 4. The second-order valence-electron chi connectivity index (χ2n) is 6.21. The van der Waals surface area contributed by atoms with E-state index in [9.17, 15) is 4.79 Å². The van der Waals surface area contributed by atoms with E-state index in [0.29, 0.717) is 0 Å². The molecule has 5 heteroatoms. The molecule has 1 aromatic carbocycles. The van der Waals surface area contributed by atoms with Gasteiger partial charge in [-0.3, -0.25) is 4.79 Å². The molecular weight excluding hydrogens is 288 g/mol. The summed E-state index contributed by atoms with van der Waals surface area (Å²) in [6, 6.07) is 10.1. The number of likely N-dealkylation sites (N-methyl/N-ethyl adjacent to an activating group) is 1. The minimum atomic E-state index is -0.157. The van der Waals surface area contributed by atoms with Gasteiger partial charge in [0, 0.05) is 25.7 Å². The molecule has 2 heterocycles. The zero-order chi connectivity index (χ0) is 16.2. The molecule has 0 N–H and O–H groups in total. The quantitative estimate of drug-likeness (QED) is 0.852. The summed E-state index contributed by atoms with van der Waals surface area (Å²) in [5.74, 6) is 1.71. The van der Waals surface area contributed by atoms with E-state index >= 15 is 0 Å². The Bertz CT molecular complexity index is 665. The summed E-state index contributed by atoms with van der Waals surface area (Å²) < 4.78 is 2.12. The molecule has 1 aliphatic heterocycles. The van der Waals surface area contributed by atoms with Crippen molar-refractivity contribution in [3.8, 4) is 11.4 Å². The SMILES string of the molecule is CCCCN(C)C(=O)C1CCCn2c(-c3ccccc3)nnc21. The lowest BCUT2D eigenvalue weighted by Gasteiger charge is -2.27. The highest BCUT2D eigenvalue weighted by molar-refractivity contribution is 5.83. The van der Waals surface area contributed by atoms with E-state index in [4.69, 9.17) is 0 Å². The zero-order valence-electron chi connectivity index (χ0n) is 13.9. The average molecular weight is 312 g/mol. The molecule has 0 saturated carbocycles. The molecule has 1 amide bonds. The number of unbranched alkanes of at least 4 members (excludes halogenated alkanes) is 1. The molecule has 0 radical (unpaired) electrons. The maximum atomic E-state index is 12.8. The van der Waals surface area contributed by atoms with E-state index < -0.39 is 0 Å². The third-order valence-electron chi connectivity index (χ3n) is 4.52. The van der Waals surface area contributed by atoms with Gasteiger partial charge in [0.1, 0.15) is 5.82 Å². The molecule has 1 aliphatic rings. The molecule has 0 spiro atoms. The van der Waals surface area contributed by atoms with E-state index in [-0.39, 0.29) is 11.8 Å².